The number of aliphatic hydroxyl groups excluding tert-OH is 7. The number of aliphatic hydroxyl groups is 8. The minimum absolute atomic E-state index is 0.00284. The fourth-order valence-electron chi connectivity index (χ4n) is 11.0. The quantitative estimate of drug-likeness (QED) is 0.183. The summed E-state index contributed by atoms with van der Waals surface area (Å²) in [5.41, 5.74) is -2.84. The molecule has 0 aromatic carbocycles. The van der Waals surface area contributed by atoms with Crippen molar-refractivity contribution in [2.24, 2.45) is 39.4 Å². The molecule has 47 heavy (non-hydrogen) atoms. The average molecular weight is 667 g/mol. The Morgan fingerprint density at radius 3 is 2.28 bits per heavy atom. The van der Waals surface area contributed by atoms with E-state index >= 15 is 0 Å². The largest absolute Gasteiger partial charge is 0.394 e. The van der Waals surface area contributed by atoms with Crippen LogP contribution in [0.2, 0.25) is 0 Å². The van der Waals surface area contributed by atoms with Crippen molar-refractivity contribution < 1.29 is 55.1 Å². The van der Waals surface area contributed by atoms with Gasteiger partial charge in [0.2, 0.25) is 0 Å². The molecule has 0 amide bonds. The molecule has 11 heteroatoms. The fourth-order valence-corrected chi connectivity index (χ4v) is 11.0. The van der Waals surface area contributed by atoms with Crippen LogP contribution in [0.3, 0.4) is 0 Å². The van der Waals surface area contributed by atoms with Gasteiger partial charge in [0.1, 0.15) is 30.2 Å². The summed E-state index contributed by atoms with van der Waals surface area (Å²) in [5, 5.41) is 87.3. The standard InChI is InChI=1S/C36H58O11/c1-17(2)9-12-24(40)36(8,45)29-21(39)14-33(5)23-11-10-18-19(35(23,7)25(41)15-34(29,33)6)13-20(38)30(32(18,3)4)47-31-28(44)27(43)26(42)22(16-37)46-31/h9-10,19-24,26-31,37-40,42-45H,11-16H2,1-8H3/t19-,20+,21-,22-,23+,24+,26-,27+,28-,29-,30-,31+,33+,34-,35+,36+/m1/s1. The first-order valence-corrected chi connectivity index (χ1v) is 17.2. The van der Waals surface area contributed by atoms with Gasteiger partial charge < -0.3 is 50.3 Å². The number of fused-ring (bicyclic) bond motifs is 5. The van der Waals surface area contributed by atoms with E-state index in [2.05, 4.69) is 13.0 Å². The lowest BCUT2D eigenvalue weighted by Crippen LogP contribution is -2.66. The molecular formula is C36H58O11. The van der Waals surface area contributed by atoms with Gasteiger partial charge in [0.25, 0.3) is 0 Å². The van der Waals surface area contributed by atoms with E-state index in [1.807, 2.05) is 47.6 Å². The molecule has 4 fully saturated rings. The van der Waals surface area contributed by atoms with Gasteiger partial charge in [0.05, 0.1) is 36.6 Å². The summed E-state index contributed by atoms with van der Waals surface area (Å²) in [7, 11) is 0. The van der Waals surface area contributed by atoms with Gasteiger partial charge in [0.15, 0.2) is 6.29 Å². The number of hydrogen-bond donors (Lipinski definition) is 8. The minimum Gasteiger partial charge on any atom is -0.394 e. The first-order chi connectivity index (χ1) is 21.6. The van der Waals surface area contributed by atoms with Gasteiger partial charge >= 0.3 is 0 Å². The first kappa shape index (κ1) is 37.0. The van der Waals surface area contributed by atoms with E-state index in [9.17, 15) is 45.6 Å². The van der Waals surface area contributed by atoms with E-state index in [-0.39, 0.29) is 36.9 Å². The molecule has 8 N–H and O–H groups in total. The minimum atomic E-state index is -1.65. The zero-order chi connectivity index (χ0) is 35.2. The summed E-state index contributed by atoms with van der Waals surface area (Å²) in [4.78, 5) is 14.7. The van der Waals surface area contributed by atoms with Crippen LogP contribution in [-0.4, -0.2) is 114 Å². The highest BCUT2D eigenvalue weighted by molar-refractivity contribution is 5.88. The van der Waals surface area contributed by atoms with Crippen LogP contribution in [0.15, 0.2) is 23.3 Å². The van der Waals surface area contributed by atoms with Crippen LogP contribution in [0.5, 0.6) is 0 Å². The Balaban J connectivity index is 1.48. The molecule has 4 aliphatic carbocycles. The molecule has 3 saturated carbocycles. The highest BCUT2D eigenvalue weighted by Gasteiger charge is 2.74. The molecule has 1 heterocycles. The molecule has 0 bridgehead atoms. The fraction of sp³-hybridized carbons (Fsp3) is 0.861. The summed E-state index contributed by atoms with van der Waals surface area (Å²) >= 11 is 0. The Bertz CT molecular complexity index is 1270. The summed E-state index contributed by atoms with van der Waals surface area (Å²) in [6.45, 7) is 14.7. The summed E-state index contributed by atoms with van der Waals surface area (Å²) in [6.07, 6.45) is -6.01. The van der Waals surface area contributed by atoms with E-state index < -0.39 is 94.9 Å². The molecule has 0 aromatic heterocycles. The third-order valence-electron chi connectivity index (χ3n) is 13.8. The lowest BCUT2D eigenvalue weighted by atomic mass is 9.38. The Kier molecular flexibility index (Phi) is 9.62. The second-order valence-corrected chi connectivity index (χ2v) is 17.0. The molecule has 1 aliphatic heterocycles. The first-order valence-electron chi connectivity index (χ1n) is 17.2. The van der Waals surface area contributed by atoms with E-state index in [1.54, 1.807) is 6.92 Å². The SMILES string of the molecule is CC(C)=CC[C@H](O)[C@](C)(O)[C@@H]1[C@H](O)C[C@@]2(C)[C@@H]3CC=C4[C@@H](C[C@H](O)[C@@H](O[C@@H]5O[C@H](CO)[C@@H](O)[C@H](O)[C@H]5O)C4(C)C)[C@]3(C)C(=O)C[C@]12C. The molecular weight excluding hydrogens is 608 g/mol. The van der Waals surface area contributed by atoms with Gasteiger partial charge in [-0.25, -0.2) is 0 Å². The summed E-state index contributed by atoms with van der Waals surface area (Å²) < 4.78 is 11.8. The number of carbonyl (C=O) groups excluding carboxylic acids is 1. The van der Waals surface area contributed by atoms with Crippen LogP contribution in [0.4, 0.5) is 0 Å². The second-order valence-electron chi connectivity index (χ2n) is 17.0. The number of hydrogen-bond acceptors (Lipinski definition) is 11. The van der Waals surface area contributed by atoms with Crippen LogP contribution < -0.4 is 0 Å². The maximum Gasteiger partial charge on any atom is 0.187 e. The number of rotatable bonds is 7. The summed E-state index contributed by atoms with van der Waals surface area (Å²) in [6, 6.07) is 0. The highest BCUT2D eigenvalue weighted by atomic mass is 16.7. The van der Waals surface area contributed by atoms with Gasteiger partial charge in [0, 0.05) is 23.2 Å². The molecule has 0 aromatic rings. The van der Waals surface area contributed by atoms with Crippen molar-refractivity contribution in [2.45, 2.75) is 148 Å². The van der Waals surface area contributed by atoms with Gasteiger partial charge in [-0.15, -0.1) is 0 Å². The van der Waals surface area contributed by atoms with Crippen LogP contribution >= 0.6 is 0 Å². The monoisotopic (exact) mass is 666 g/mol. The molecule has 11 nitrogen and oxygen atoms in total. The van der Waals surface area contributed by atoms with E-state index in [0.29, 0.717) is 12.8 Å². The lowest BCUT2D eigenvalue weighted by Gasteiger charge is -2.65. The predicted molar refractivity (Wildman–Crippen MR) is 171 cm³/mol. The van der Waals surface area contributed by atoms with Crippen molar-refractivity contribution in [3.05, 3.63) is 23.3 Å². The highest BCUT2D eigenvalue weighted by Crippen LogP contribution is 2.74. The number of carbonyl (C=O) groups is 1. The Morgan fingerprint density at radius 1 is 1.04 bits per heavy atom. The molecule has 268 valence electrons. The van der Waals surface area contributed by atoms with E-state index in [1.165, 1.54) is 0 Å². The zero-order valence-corrected chi connectivity index (χ0v) is 29.1. The van der Waals surface area contributed by atoms with Crippen LogP contribution in [0, 0.1) is 39.4 Å². The van der Waals surface area contributed by atoms with Crippen molar-refractivity contribution in [1.29, 1.82) is 0 Å². The van der Waals surface area contributed by atoms with Crippen LogP contribution in [0.1, 0.15) is 87.5 Å². The van der Waals surface area contributed by atoms with Crippen molar-refractivity contribution >= 4 is 5.78 Å². The lowest BCUT2D eigenvalue weighted by molar-refractivity contribution is -0.327. The second kappa shape index (κ2) is 12.2. The maximum atomic E-state index is 14.7. The molecule has 0 spiro atoms. The molecule has 5 aliphatic rings. The summed E-state index contributed by atoms with van der Waals surface area (Å²) in [5.74, 6) is -1.31. The third-order valence-corrected chi connectivity index (χ3v) is 13.8. The number of ketones is 1. The molecule has 0 radical (unpaired) electrons. The third kappa shape index (κ3) is 5.34. The van der Waals surface area contributed by atoms with Gasteiger partial charge in [-0.2, -0.15) is 0 Å². The Labute approximate surface area is 278 Å². The molecule has 1 saturated heterocycles. The molecule has 5 rings (SSSR count). The predicted octanol–water partition coefficient (Wildman–Crippen LogP) is 1.37. The molecule has 0 unspecified atom stereocenters. The topological polar surface area (TPSA) is 197 Å². The van der Waals surface area contributed by atoms with Crippen molar-refractivity contribution in [3.8, 4) is 0 Å². The van der Waals surface area contributed by atoms with Crippen molar-refractivity contribution in [2.75, 3.05) is 6.61 Å². The van der Waals surface area contributed by atoms with Gasteiger partial charge in [-0.1, -0.05) is 57.9 Å². The van der Waals surface area contributed by atoms with Crippen molar-refractivity contribution in [1.82, 2.24) is 0 Å². The van der Waals surface area contributed by atoms with E-state index in [4.69, 9.17) is 9.47 Å². The number of Topliss-reactive ketones (excluding diaryl/α,β-unsaturated/α-hetero) is 1. The maximum absolute atomic E-state index is 14.7. The van der Waals surface area contributed by atoms with E-state index in [0.717, 1.165) is 11.1 Å². The smallest absolute Gasteiger partial charge is 0.187 e. The van der Waals surface area contributed by atoms with Crippen molar-refractivity contribution in [3.63, 3.8) is 0 Å². The average Bonchev–Trinajstić information content (AvgIpc) is 3.18. The zero-order valence-electron chi connectivity index (χ0n) is 29.1. The van der Waals surface area contributed by atoms with Gasteiger partial charge in [-0.05, 0) is 69.1 Å². The number of ether oxygens (including phenoxy) is 2. The Hall–Kier alpha value is -1.25. The van der Waals surface area contributed by atoms with Gasteiger partial charge in [-0.3, -0.25) is 4.79 Å². The number of allylic oxidation sites excluding steroid dienone is 2. The normalized spacial score (nSPS) is 49.6. The van der Waals surface area contributed by atoms with Crippen LogP contribution in [0.25, 0.3) is 0 Å². The van der Waals surface area contributed by atoms with Crippen LogP contribution in [-0.2, 0) is 14.3 Å². The Morgan fingerprint density at radius 2 is 1.68 bits per heavy atom. The molecule has 16 atom stereocenters.